The number of hydroxylamine groups is 2. The molecule has 5 aliphatic rings. The van der Waals surface area contributed by atoms with Gasteiger partial charge >= 0.3 is 0 Å². The number of aliphatic hydroxyl groups excluding tert-OH is 1. The SMILES string of the molecule is C[C@H](CCCC1(C)OCC(C)(C)N1O)[C@H]1CCC2C3CC=C4C[C@@H](O)CC[C@]4(C)C3CC[C@@]21C. The van der Waals surface area contributed by atoms with Crippen LogP contribution in [0.2, 0.25) is 0 Å². The fourth-order valence-corrected chi connectivity index (χ4v) is 9.84. The minimum Gasteiger partial charge on any atom is -0.393 e. The molecule has 4 nitrogen and oxygen atoms in total. The van der Waals surface area contributed by atoms with Crippen molar-refractivity contribution in [1.82, 2.24) is 5.06 Å². The summed E-state index contributed by atoms with van der Waals surface area (Å²) in [6.07, 6.45) is 15.6. The summed E-state index contributed by atoms with van der Waals surface area (Å²) in [6, 6.07) is 0. The van der Waals surface area contributed by atoms with Gasteiger partial charge < -0.3 is 15.1 Å². The Balaban J connectivity index is 1.23. The lowest BCUT2D eigenvalue weighted by molar-refractivity contribution is -0.245. The fourth-order valence-electron chi connectivity index (χ4n) is 9.84. The Morgan fingerprint density at radius 2 is 1.82 bits per heavy atom. The van der Waals surface area contributed by atoms with Gasteiger partial charge in [-0.2, -0.15) is 5.06 Å². The highest BCUT2D eigenvalue weighted by molar-refractivity contribution is 5.25. The first-order chi connectivity index (χ1) is 15.9. The van der Waals surface area contributed by atoms with Gasteiger partial charge in [0.1, 0.15) is 5.72 Å². The molecule has 9 atom stereocenters. The molecule has 4 aliphatic carbocycles. The largest absolute Gasteiger partial charge is 0.393 e. The van der Waals surface area contributed by atoms with Crippen molar-refractivity contribution in [2.24, 2.45) is 40.4 Å². The molecule has 4 heteroatoms. The lowest BCUT2D eigenvalue weighted by Gasteiger charge is -2.58. The van der Waals surface area contributed by atoms with Crippen LogP contribution in [0.5, 0.6) is 0 Å². The lowest BCUT2D eigenvalue weighted by atomic mass is 9.47. The maximum Gasteiger partial charge on any atom is 0.141 e. The normalized spacial score (nSPS) is 49.2. The summed E-state index contributed by atoms with van der Waals surface area (Å²) >= 11 is 0. The molecule has 4 fully saturated rings. The maximum atomic E-state index is 10.7. The number of rotatable bonds is 5. The molecule has 1 aliphatic heterocycles. The van der Waals surface area contributed by atoms with E-state index in [0.29, 0.717) is 17.4 Å². The lowest BCUT2D eigenvalue weighted by Crippen LogP contribution is -2.50. The Hall–Kier alpha value is -0.420. The number of fused-ring (bicyclic) bond motifs is 5. The van der Waals surface area contributed by atoms with Gasteiger partial charge in [-0.15, -0.1) is 0 Å². The number of aliphatic hydroxyl groups is 1. The summed E-state index contributed by atoms with van der Waals surface area (Å²) in [5.41, 5.74) is 1.57. The van der Waals surface area contributed by atoms with Crippen molar-refractivity contribution in [3.05, 3.63) is 11.6 Å². The van der Waals surface area contributed by atoms with Crippen molar-refractivity contribution in [3.63, 3.8) is 0 Å². The smallest absolute Gasteiger partial charge is 0.141 e. The van der Waals surface area contributed by atoms with Crippen LogP contribution in [0.25, 0.3) is 0 Å². The van der Waals surface area contributed by atoms with Crippen LogP contribution in [0.1, 0.15) is 112 Å². The van der Waals surface area contributed by atoms with Crippen LogP contribution >= 0.6 is 0 Å². The molecule has 0 bridgehead atoms. The summed E-state index contributed by atoms with van der Waals surface area (Å²) in [5.74, 6) is 4.08. The van der Waals surface area contributed by atoms with E-state index in [9.17, 15) is 10.3 Å². The summed E-state index contributed by atoms with van der Waals surface area (Å²) < 4.78 is 6.05. The summed E-state index contributed by atoms with van der Waals surface area (Å²) in [4.78, 5) is 0. The Morgan fingerprint density at radius 1 is 1.06 bits per heavy atom. The minimum absolute atomic E-state index is 0.109. The third kappa shape index (κ3) is 3.85. The maximum absolute atomic E-state index is 10.7. The van der Waals surface area contributed by atoms with Crippen LogP contribution in [0.15, 0.2) is 11.6 Å². The third-order valence-electron chi connectivity index (χ3n) is 11.9. The zero-order valence-corrected chi connectivity index (χ0v) is 22.8. The van der Waals surface area contributed by atoms with Gasteiger partial charge in [-0.25, -0.2) is 0 Å². The Kier molecular flexibility index (Phi) is 6.36. The number of ether oxygens (including phenoxy) is 1. The van der Waals surface area contributed by atoms with Crippen molar-refractivity contribution >= 4 is 0 Å². The molecule has 3 saturated carbocycles. The van der Waals surface area contributed by atoms with Gasteiger partial charge in [-0.3, -0.25) is 0 Å². The first-order valence-electron chi connectivity index (χ1n) is 14.4. The molecule has 194 valence electrons. The van der Waals surface area contributed by atoms with Gasteiger partial charge in [-0.1, -0.05) is 38.8 Å². The van der Waals surface area contributed by atoms with Gasteiger partial charge in [0.2, 0.25) is 0 Å². The van der Waals surface area contributed by atoms with E-state index >= 15 is 0 Å². The van der Waals surface area contributed by atoms with E-state index in [1.54, 1.807) is 5.57 Å². The molecule has 0 aromatic heterocycles. The first kappa shape index (κ1) is 25.2. The van der Waals surface area contributed by atoms with E-state index in [2.05, 4.69) is 47.6 Å². The number of nitrogens with zero attached hydrogens (tertiary/aromatic N) is 1. The van der Waals surface area contributed by atoms with Crippen LogP contribution in [-0.2, 0) is 4.74 Å². The van der Waals surface area contributed by atoms with Gasteiger partial charge in [0.25, 0.3) is 0 Å². The van der Waals surface area contributed by atoms with Gasteiger partial charge in [0, 0.05) is 0 Å². The number of hydrogen-bond donors (Lipinski definition) is 2. The van der Waals surface area contributed by atoms with Crippen molar-refractivity contribution in [2.45, 2.75) is 130 Å². The highest BCUT2D eigenvalue weighted by atomic mass is 16.6. The van der Waals surface area contributed by atoms with Crippen LogP contribution in [-0.4, -0.2) is 39.4 Å². The third-order valence-corrected chi connectivity index (χ3v) is 11.9. The summed E-state index contributed by atoms with van der Waals surface area (Å²) in [6.45, 7) is 14.4. The molecule has 0 amide bonds. The molecular weight excluding hydrogens is 422 g/mol. The molecule has 5 rings (SSSR count). The molecule has 0 aromatic rings. The molecule has 0 aromatic carbocycles. The molecule has 1 heterocycles. The van der Waals surface area contributed by atoms with Gasteiger partial charge in [0.05, 0.1) is 18.2 Å². The zero-order chi connectivity index (χ0) is 24.5. The quantitative estimate of drug-likeness (QED) is 0.424. The molecular formula is C30H51NO3. The fraction of sp³-hybridized carbons (Fsp3) is 0.933. The molecule has 1 saturated heterocycles. The van der Waals surface area contributed by atoms with E-state index in [4.69, 9.17) is 4.74 Å². The van der Waals surface area contributed by atoms with E-state index < -0.39 is 5.72 Å². The Morgan fingerprint density at radius 3 is 2.53 bits per heavy atom. The van der Waals surface area contributed by atoms with Crippen molar-refractivity contribution < 1.29 is 15.1 Å². The van der Waals surface area contributed by atoms with Crippen molar-refractivity contribution in [1.29, 1.82) is 0 Å². The monoisotopic (exact) mass is 473 g/mol. The second-order valence-electron chi connectivity index (χ2n) is 14.3. The van der Waals surface area contributed by atoms with E-state index in [1.165, 1.54) is 50.0 Å². The van der Waals surface area contributed by atoms with E-state index in [0.717, 1.165) is 55.3 Å². The topological polar surface area (TPSA) is 52.9 Å². The van der Waals surface area contributed by atoms with Gasteiger partial charge in [-0.05, 0) is 125 Å². The van der Waals surface area contributed by atoms with Crippen LogP contribution in [0.4, 0.5) is 0 Å². The van der Waals surface area contributed by atoms with Crippen LogP contribution in [0.3, 0.4) is 0 Å². The number of hydrogen-bond acceptors (Lipinski definition) is 4. The van der Waals surface area contributed by atoms with Crippen LogP contribution in [0, 0.1) is 40.4 Å². The average molecular weight is 474 g/mol. The highest BCUT2D eigenvalue weighted by Crippen LogP contribution is 2.67. The van der Waals surface area contributed by atoms with Crippen LogP contribution < -0.4 is 0 Å². The predicted molar refractivity (Wildman–Crippen MR) is 136 cm³/mol. The Labute approximate surface area is 208 Å². The molecule has 0 radical (unpaired) electrons. The van der Waals surface area contributed by atoms with E-state index in [-0.39, 0.29) is 11.6 Å². The number of allylic oxidation sites excluding steroid dienone is 1. The zero-order valence-electron chi connectivity index (χ0n) is 22.8. The van der Waals surface area contributed by atoms with Gasteiger partial charge in [0.15, 0.2) is 0 Å². The predicted octanol–water partition coefficient (Wildman–Crippen LogP) is 6.95. The molecule has 34 heavy (non-hydrogen) atoms. The van der Waals surface area contributed by atoms with E-state index in [1.807, 2.05) is 0 Å². The Bertz CT molecular complexity index is 809. The van der Waals surface area contributed by atoms with Crippen molar-refractivity contribution in [2.75, 3.05) is 6.61 Å². The first-order valence-corrected chi connectivity index (χ1v) is 14.4. The molecule has 2 N–H and O–H groups in total. The summed E-state index contributed by atoms with van der Waals surface area (Å²) in [5, 5.41) is 22.4. The second kappa shape index (κ2) is 8.57. The molecule has 4 unspecified atom stereocenters. The molecule has 0 spiro atoms. The average Bonchev–Trinajstić information content (AvgIpc) is 3.24. The highest BCUT2D eigenvalue weighted by Gasteiger charge is 2.59. The standard InChI is InChI=1S/C30H51NO3/c1-20(8-7-15-30(6)31(33)27(2,3)19-34-30)24-11-12-25-23-10-9-21-18-22(32)13-16-28(21,4)26(23)14-17-29(24,25)5/h9,20,22-26,32-33H,7-8,10-19H2,1-6H3/t20-,22+,23?,24-,25?,26?,28+,29-,30?/m1/s1. The minimum atomic E-state index is -0.543. The summed E-state index contributed by atoms with van der Waals surface area (Å²) in [7, 11) is 0. The van der Waals surface area contributed by atoms with Crippen molar-refractivity contribution in [3.8, 4) is 0 Å². The second-order valence-corrected chi connectivity index (χ2v) is 14.3.